The number of methoxy groups -OCH3 is 1. The van der Waals surface area contributed by atoms with Gasteiger partial charge in [-0.2, -0.15) is 0 Å². The van der Waals surface area contributed by atoms with Crippen LogP contribution in [0.2, 0.25) is 0 Å². The second-order valence-electron chi connectivity index (χ2n) is 5.62. The fourth-order valence-corrected chi connectivity index (χ4v) is 2.62. The molecule has 7 heteroatoms. The third kappa shape index (κ3) is 3.65. The van der Waals surface area contributed by atoms with Gasteiger partial charge in [0.1, 0.15) is 11.5 Å². The van der Waals surface area contributed by atoms with Gasteiger partial charge < -0.3 is 19.3 Å². The first-order valence-electron chi connectivity index (χ1n) is 7.51. The Morgan fingerprint density at radius 1 is 1.36 bits per heavy atom. The van der Waals surface area contributed by atoms with Gasteiger partial charge in [0.15, 0.2) is 0 Å². The summed E-state index contributed by atoms with van der Waals surface area (Å²) >= 11 is 0. The number of imidazole rings is 1. The molecular weight excluding hydrogens is 286 g/mol. The number of aliphatic carboxylic acids is 1. The molecule has 2 rings (SSSR count). The molecule has 1 aliphatic carbocycles. The molecule has 0 atom stereocenters. The average Bonchev–Trinajstić information content (AvgIpc) is 3.24. The number of carboxylic acid groups (broad SMARTS) is 1. The number of hydrogen-bond donors (Lipinski definition) is 1. The Morgan fingerprint density at radius 3 is 2.59 bits per heavy atom. The monoisotopic (exact) mass is 309 g/mol. The van der Waals surface area contributed by atoms with Crippen molar-refractivity contribution >= 4 is 11.9 Å². The lowest BCUT2D eigenvalue weighted by atomic mass is 10.2. The van der Waals surface area contributed by atoms with Crippen molar-refractivity contribution in [3.8, 4) is 0 Å². The van der Waals surface area contributed by atoms with Crippen molar-refractivity contribution in [3.63, 3.8) is 0 Å². The van der Waals surface area contributed by atoms with Crippen LogP contribution in [0.1, 0.15) is 47.3 Å². The van der Waals surface area contributed by atoms with Crippen LogP contribution < -0.4 is 0 Å². The van der Waals surface area contributed by atoms with Crippen LogP contribution in [0, 0.1) is 13.8 Å². The van der Waals surface area contributed by atoms with Gasteiger partial charge in [-0.3, -0.25) is 9.59 Å². The standard InChI is InChI=1S/C15H23N3O4/c1-10-14(16-11(2)18(10)12-4-5-12)15(21)17(8-9-22-3)7-6-13(19)20/h12H,4-9H2,1-3H3,(H,19,20). The molecule has 0 unspecified atom stereocenters. The number of aromatic nitrogens is 2. The molecule has 1 fully saturated rings. The highest BCUT2D eigenvalue weighted by atomic mass is 16.5. The number of carbonyl (C=O) groups is 2. The Hall–Kier alpha value is -1.89. The maximum absolute atomic E-state index is 12.7. The number of carboxylic acids is 1. The van der Waals surface area contributed by atoms with Gasteiger partial charge in [0, 0.05) is 31.9 Å². The quantitative estimate of drug-likeness (QED) is 0.784. The molecule has 22 heavy (non-hydrogen) atoms. The zero-order valence-corrected chi connectivity index (χ0v) is 13.3. The smallest absolute Gasteiger partial charge is 0.305 e. The van der Waals surface area contributed by atoms with Gasteiger partial charge >= 0.3 is 5.97 Å². The summed E-state index contributed by atoms with van der Waals surface area (Å²) in [4.78, 5) is 29.4. The lowest BCUT2D eigenvalue weighted by Crippen LogP contribution is -2.36. The Kier molecular flexibility index (Phi) is 5.18. The molecule has 0 aromatic carbocycles. The maximum atomic E-state index is 12.7. The van der Waals surface area contributed by atoms with E-state index >= 15 is 0 Å². The van der Waals surface area contributed by atoms with Crippen molar-refractivity contribution in [2.45, 2.75) is 39.2 Å². The van der Waals surface area contributed by atoms with Crippen molar-refractivity contribution in [1.82, 2.24) is 14.5 Å². The average molecular weight is 309 g/mol. The zero-order valence-electron chi connectivity index (χ0n) is 13.3. The minimum atomic E-state index is -0.924. The number of ether oxygens (including phenoxy) is 1. The number of amides is 1. The summed E-state index contributed by atoms with van der Waals surface area (Å²) in [6.07, 6.45) is 2.16. The molecule has 1 aromatic heterocycles. The topological polar surface area (TPSA) is 84.7 Å². The van der Waals surface area contributed by atoms with Crippen molar-refractivity contribution in [2.24, 2.45) is 0 Å². The van der Waals surface area contributed by atoms with E-state index in [4.69, 9.17) is 9.84 Å². The number of rotatable bonds is 8. The summed E-state index contributed by atoms with van der Waals surface area (Å²) in [5, 5.41) is 8.84. The lowest BCUT2D eigenvalue weighted by molar-refractivity contribution is -0.137. The number of aryl methyl sites for hydroxylation is 1. The first kappa shape index (κ1) is 16.5. The number of nitrogens with zero attached hydrogens (tertiary/aromatic N) is 3. The zero-order chi connectivity index (χ0) is 16.3. The summed E-state index contributed by atoms with van der Waals surface area (Å²) in [7, 11) is 1.55. The SMILES string of the molecule is COCCN(CCC(=O)O)C(=O)c1nc(C)n(C2CC2)c1C. The number of hydrogen-bond acceptors (Lipinski definition) is 4. The molecule has 1 aliphatic rings. The van der Waals surface area contributed by atoms with E-state index < -0.39 is 5.97 Å². The first-order valence-corrected chi connectivity index (χ1v) is 7.51. The van der Waals surface area contributed by atoms with Gasteiger partial charge in [-0.1, -0.05) is 0 Å². The van der Waals surface area contributed by atoms with Crippen molar-refractivity contribution in [1.29, 1.82) is 0 Å². The highest BCUT2D eigenvalue weighted by molar-refractivity contribution is 5.93. The molecular formula is C15H23N3O4. The van der Waals surface area contributed by atoms with E-state index in [0.29, 0.717) is 24.9 Å². The minimum absolute atomic E-state index is 0.0865. The molecule has 1 heterocycles. The largest absolute Gasteiger partial charge is 0.481 e. The van der Waals surface area contributed by atoms with Crippen LogP contribution in [0.25, 0.3) is 0 Å². The van der Waals surface area contributed by atoms with Crippen LogP contribution in [0.4, 0.5) is 0 Å². The van der Waals surface area contributed by atoms with Gasteiger partial charge in [0.2, 0.25) is 0 Å². The fourth-order valence-electron chi connectivity index (χ4n) is 2.62. The molecule has 0 aliphatic heterocycles. The summed E-state index contributed by atoms with van der Waals surface area (Å²) in [6, 6.07) is 0.459. The maximum Gasteiger partial charge on any atom is 0.305 e. The lowest BCUT2D eigenvalue weighted by Gasteiger charge is -2.21. The second-order valence-corrected chi connectivity index (χ2v) is 5.62. The molecule has 7 nitrogen and oxygen atoms in total. The highest BCUT2D eigenvalue weighted by Gasteiger charge is 2.30. The van der Waals surface area contributed by atoms with Crippen LogP contribution in [0.15, 0.2) is 0 Å². The molecule has 1 N–H and O–H groups in total. The third-order valence-electron chi connectivity index (χ3n) is 3.89. The number of carbonyl (C=O) groups excluding carboxylic acids is 1. The van der Waals surface area contributed by atoms with E-state index in [9.17, 15) is 9.59 Å². The third-order valence-corrected chi connectivity index (χ3v) is 3.89. The van der Waals surface area contributed by atoms with Crippen molar-refractivity contribution < 1.29 is 19.4 Å². The first-order chi connectivity index (χ1) is 10.5. The molecule has 1 aromatic rings. The molecule has 1 amide bonds. The molecule has 0 bridgehead atoms. The predicted octanol–water partition coefficient (Wildman–Crippen LogP) is 1.40. The van der Waals surface area contributed by atoms with Crippen LogP contribution >= 0.6 is 0 Å². The van der Waals surface area contributed by atoms with E-state index in [0.717, 1.165) is 24.4 Å². The van der Waals surface area contributed by atoms with Gasteiger partial charge in [-0.05, 0) is 26.7 Å². The van der Waals surface area contributed by atoms with Crippen molar-refractivity contribution in [2.75, 3.05) is 26.8 Å². The fraction of sp³-hybridized carbons (Fsp3) is 0.667. The Labute approximate surface area is 129 Å². The highest BCUT2D eigenvalue weighted by Crippen LogP contribution is 2.37. The van der Waals surface area contributed by atoms with Crippen LogP contribution in [0.5, 0.6) is 0 Å². The van der Waals surface area contributed by atoms with Gasteiger partial charge in [-0.25, -0.2) is 4.98 Å². The van der Waals surface area contributed by atoms with Gasteiger partial charge in [0.25, 0.3) is 5.91 Å². The summed E-state index contributed by atoms with van der Waals surface area (Å²) < 4.78 is 7.12. The predicted molar refractivity (Wildman–Crippen MR) is 80.0 cm³/mol. The molecule has 122 valence electrons. The van der Waals surface area contributed by atoms with E-state index in [1.165, 1.54) is 4.90 Å². The van der Waals surface area contributed by atoms with Crippen molar-refractivity contribution in [3.05, 3.63) is 17.2 Å². The summed E-state index contributed by atoms with van der Waals surface area (Å²) in [6.45, 7) is 4.69. The molecule has 1 saturated carbocycles. The Bertz CT molecular complexity index is 563. The van der Waals surface area contributed by atoms with Crippen LogP contribution in [-0.2, 0) is 9.53 Å². The molecule has 0 spiro atoms. The second kappa shape index (κ2) is 6.91. The van der Waals surface area contributed by atoms with Crippen LogP contribution in [0.3, 0.4) is 0 Å². The van der Waals surface area contributed by atoms with Gasteiger partial charge in [-0.15, -0.1) is 0 Å². The Morgan fingerprint density at radius 2 is 2.05 bits per heavy atom. The summed E-state index contributed by atoms with van der Waals surface area (Å²) in [5.74, 6) is -0.307. The van der Waals surface area contributed by atoms with E-state index in [1.807, 2.05) is 13.8 Å². The van der Waals surface area contributed by atoms with Crippen LogP contribution in [-0.4, -0.2) is 58.2 Å². The minimum Gasteiger partial charge on any atom is -0.481 e. The van der Waals surface area contributed by atoms with E-state index in [1.54, 1.807) is 7.11 Å². The summed E-state index contributed by atoms with van der Waals surface area (Å²) in [5.41, 5.74) is 1.29. The normalized spacial score (nSPS) is 14.1. The molecule has 0 radical (unpaired) electrons. The Balaban J connectivity index is 2.18. The van der Waals surface area contributed by atoms with Gasteiger partial charge in [0.05, 0.1) is 13.0 Å². The van der Waals surface area contributed by atoms with E-state index in [2.05, 4.69) is 9.55 Å². The van der Waals surface area contributed by atoms with E-state index in [-0.39, 0.29) is 18.9 Å². The molecule has 0 saturated heterocycles.